The van der Waals surface area contributed by atoms with E-state index in [1.54, 1.807) is 6.07 Å². The predicted octanol–water partition coefficient (Wildman–Crippen LogP) is 4.77. The van der Waals surface area contributed by atoms with Crippen LogP contribution in [0.2, 0.25) is 0 Å². The lowest BCUT2D eigenvalue weighted by molar-refractivity contribution is -0.0897. The summed E-state index contributed by atoms with van der Waals surface area (Å²) in [6, 6.07) is 9.87. The quantitative estimate of drug-likeness (QED) is 0.484. The van der Waals surface area contributed by atoms with Crippen molar-refractivity contribution in [1.82, 2.24) is 14.8 Å². The fourth-order valence-electron chi connectivity index (χ4n) is 7.71. The minimum Gasteiger partial charge on any atom is -0.487 e. The smallest absolute Gasteiger partial charge is 0.257 e. The maximum Gasteiger partial charge on any atom is 0.257 e. The van der Waals surface area contributed by atoms with Crippen molar-refractivity contribution in [1.29, 1.82) is 0 Å². The van der Waals surface area contributed by atoms with Gasteiger partial charge in [-0.3, -0.25) is 9.69 Å². The van der Waals surface area contributed by atoms with Gasteiger partial charge in [-0.05, 0) is 53.6 Å². The zero-order chi connectivity index (χ0) is 28.6. The first-order chi connectivity index (χ1) is 20.4. The van der Waals surface area contributed by atoms with Gasteiger partial charge < -0.3 is 24.8 Å². The van der Waals surface area contributed by atoms with Crippen LogP contribution in [0.5, 0.6) is 5.75 Å². The lowest BCUT2D eigenvalue weighted by Crippen LogP contribution is -2.56. The molecule has 0 aliphatic carbocycles. The molecule has 3 saturated heterocycles. The highest BCUT2D eigenvalue weighted by Gasteiger charge is 2.44. The fourth-order valence-corrected chi connectivity index (χ4v) is 7.71. The van der Waals surface area contributed by atoms with Crippen molar-refractivity contribution >= 4 is 22.6 Å². The third-order valence-electron chi connectivity index (χ3n) is 10.3. The van der Waals surface area contributed by atoms with Gasteiger partial charge in [-0.15, -0.1) is 0 Å². The molecule has 5 aliphatic heterocycles. The van der Waals surface area contributed by atoms with Crippen molar-refractivity contribution in [3.05, 3.63) is 64.0 Å². The summed E-state index contributed by atoms with van der Waals surface area (Å²) in [4.78, 5) is 22.9. The summed E-state index contributed by atoms with van der Waals surface area (Å²) < 4.78 is 33.2. The average molecular weight is 573 g/mol. The van der Waals surface area contributed by atoms with Gasteiger partial charge >= 0.3 is 0 Å². The Balaban J connectivity index is 1.07. The number of nitrogens with zero attached hydrogens (tertiary/aromatic N) is 3. The summed E-state index contributed by atoms with van der Waals surface area (Å²) in [6.45, 7) is 7.27. The number of fused-ring (bicyclic) bond motifs is 4. The number of anilines is 1. The van der Waals surface area contributed by atoms with Gasteiger partial charge in [0.2, 0.25) is 0 Å². The third kappa shape index (κ3) is 4.28. The van der Waals surface area contributed by atoms with Crippen LogP contribution in [0, 0.1) is 11.7 Å². The SMILES string of the molecule is C[C@H]1CCC(c2ccc3c(c2)CC2(CCN(C4COC4)CC2)O3)N(C(=O)c2cc3c4c(c(N)nc3cc2F)COC4)C1. The van der Waals surface area contributed by atoms with Crippen LogP contribution in [0.3, 0.4) is 0 Å². The Morgan fingerprint density at radius 2 is 1.88 bits per heavy atom. The van der Waals surface area contributed by atoms with E-state index in [0.29, 0.717) is 43.1 Å². The molecule has 8 nitrogen and oxygen atoms in total. The molecule has 5 aliphatic rings. The van der Waals surface area contributed by atoms with Gasteiger partial charge in [0.15, 0.2) is 0 Å². The second-order valence-electron chi connectivity index (χ2n) is 13.0. The van der Waals surface area contributed by atoms with Crippen LogP contribution in [-0.2, 0) is 29.1 Å². The van der Waals surface area contributed by atoms with E-state index in [-0.39, 0.29) is 23.1 Å². The predicted molar refractivity (Wildman–Crippen MR) is 156 cm³/mol. The Morgan fingerprint density at radius 3 is 2.67 bits per heavy atom. The minimum absolute atomic E-state index is 0.0781. The molecule has 42 heavy (non-hydrogen) atoms. The molecule has 0 saturated carbocycles. The number of rotatable bonds is 3. The topological polar surface area (TPSA) is 90.2 Å². The van der Waals surface area contributed by atoms with Crippen LogP contribution in [-0.4, -0.2) is 65.2 Å². The molecule has 3 fully saturated rings. The monoisotopic (exact) mass is 572 g/mol. The highest BCUT2D eigenvalue weighted by atomic mass is 19.1. The first kappa shape index (κ1) is 26.4. The maximum atomic E-state index is 15.5. The van der Waals surface area contributed by atoms with Crippen molar-refractivity contribution in [2.45, 2.75) is 69.9 Å². The molecule has 8 rings (SSSR count). The number of benzene rings is 2. The van der Waals surface area contributed by atoms with Gasteiger partial charge in [0, 0.05) is 55.9 Å². The van der Waals surface area contributed by atoms with Gasteiger partial charge in [0.25, 0.3) is 5.91 Å². The summed E-state index contributed by atoms with van der Waals surface area (Å²) in [5, 5.41) is 0.735. The Morgan fingerprint density at radius 1 is 1.07 bits per heavy atom. The molecule has 9 heteroatoms. The number of halogens is 1. The molecule has 2 aromatic carbocycles. The van der Waals surface area contributed by atoms with Crippen molar-refractivity contribution in [3.8, 4) is 5.75 Å². The van der Waals surface area contributed by atoms with Crippen molar-refractivity contribution in [2.75, 3.05) is 38.6 Å². The van der Waals surface area contributed by atoms with Crippen LogP contribution in [0.1, 0.15) is 71.3 Å². The van der Waals surface area contributed by atoms with E-state index in [1.807, 2.05) is 4.90 Å². The molecule has 3 aromatic rings. The van der Waals surface area contributed by atoms with Crippen molar-refractivity contribution < 1.29 is 23.4 Å². The fraction of sp³-hybridized carbons (Fsp3) is 0.515. The highest BCUT2D eigenvalue weighted by molar-refractivity contribution is 6.00. The molecule has 2 atom stereocenters. The molecular formula is C33H37FN4O4. The zero-order valence-electron chi connectivity index (χ0n) is 24.0. The Hall–Kier alpha value is -3.27. The van der Waals surface area contributed by atoms with Crippen molar-refractivity contribution in [2.24, 2.45) is 5.92 Å². The van der Waals surface area contributed by atoms with Crippen LogP contribution < -0.4 is 10.5 Å². The molecule has 0 radical (unpaired) electrons. The Labute approximate surface area is 244 Å². The third-order valence-corrected chi connectivity index (χ3v) is 10.3. The number of likely N-dealkylation sites (tertiary alicyclic amines) is 2. The number of nitrogen functional groups attached to an aromatic ring is 1. The normalized spacial score (nSPS) is 25.3. The van der Waals surface area contributed by atoms with E-state index in [4.69, 9.17) is 19.9 Å². The van der Waals surface area contributed by atoms with E-state index in [1.165, 1.54) is 11.6 Å². The molecule has 1 aromatic heterocycles. The van der Waals surface area contributed by atoms with E-state index in [9.17, 15) is 4.79 Å². The van der Waals surface area contributed by atoms with Crippen LogP contribution in [0.15, 0.2) is 30.3 Å². The number of carbonyl (C=O) groups is 1. The summed E-state index contributed by atoms with van der Waals surface area (Å²) in [5.41, 5.74) is 10.5. The molecule has 2 N–H and O–H groups in total. The number of pyridine rings is 1. The summed E-state index contributed by atoms with van der Waals surface area (Å²) in [6.07, 6.45) is 4.77. The number of carbonyl (C=O) groups excluding carboxylic acids is 1. The summed E-state index contributed by atoms with van der Waals surface area (Å²) >= 11 is 0. The second kappa shape index (κ2) is 9.89. The first-order valence-electron chi connectivity index (χ1n) is 15.3. The number of amides is 1. The number of aromatic nitrogens is 1. The van der Waals surface area contributed by atoms with Gasteiger partial charge in [-0.25, -0.2) is 9.37 Å². The standard InChI is InChI=1S/C33H37FN4O4/c1-19-2-4-29(20-3-5-30-21(10-20)13-33(42-30)6-8-37(9-7-33)22-15-40-16-22)38(14-19)32(39)24-11-23-25-17-41-18-26(25)31(35)36-28(23)12-27(24)34/h3,5,10-12,19,22,29H,2,4,6-9,13-18H2,1H3,(H2,35,36)/t19-,29?/m0/s1. The molecule has 1 amide bonds. The number of hydrogen-bond donors (Lipinski definition) is 1. The van der Waals surface area contributed by atoms with Crippen LogP contribution >= 0.6 is 0 Å². The molecule has 220 valence electrons. The highest BCUT2D eigenvalue weighted by Crippen LogP contribution is 2.44. The first-order valence-corrected chi connectivity index (χ1v) is 15.3. The largest absolute Gasteiger partial charge is 0.487 e. The van der Waals surface area contributed by atoms with Gasteiger partial charge in [-0.1, -0.05) is 13.0 Å². The number of piperidine rings is 2. The molecule has 0 bridgehead atoms. The van der Waals surface area contributed by atoms with E-state index < -0.39 is 5.82 Å². The molecule has 1 unspecified atom stereocenters. The lowest BCUT2D eigenvalue weighted by Gasteiger charge is -2.44. The van der Waals surface area contributed by atoms with Crippen LogP contribution in [0.4, 0.5) is 10.2 Å². The van der Waals surface area contributed by atoms with Gasteiger partial charge in [-0.2, -0.15) is 0 Å². The summed E-state index contributed by atoms with van der Waals surface area (Å²) in [5.74, 6) is 0.805. The summed E-state index contributed by atoms with van der Waals surface area (Å²) in [7, 11) is 0. The number of hydrogen-bond acceptors (Lipinski definition) is 7. The van der Waals surface area contributed by atoms with Gasteiger partial charge in [0.1, 0.15) is 23.0 Å². The Bertz CT molecular complexity index is 1580. The molecule has 6 heterocycles. The number of nitrogens with two attached hydrogens (primary N) is 1. The lowest BCUT2D eigenvalue weighted by atomic mass is 9.85. The second-order valence-corrected chi connectivity index (χ2v) is 13.0. The van der Waals surface area contributed by atoms with E-state index in [0.717, 1.165) is 86.2 Å². The van der Waals surface area contributed by atoms with E-state index in [2.05, 4.69) is 35.0 Å². The zero-order valence-corrected chi connectivity index (χ0v) is 24.0. The van der Waals surface area contributed by atoms with Crippen LogP contribution in [0.25, 0.3) is 10.9 Å². The molecule has 1 spiro atoms. The minimum atomic E-state index is -0.570. The van der Waals surface area contributed by atoms with E-state index >= 15 is 4.39 Å². The van der Waals surface area contributed by atoms with Gasteiger partial charge in [0.05, 0.1) is 49.6 Å². The number of ether oxygens (including phenoxy) is 3. The average Bonchev–Trinajstić information content (AvgIpc) is 3.58. The maximum absolute atomic E-state index is 15.5. The van der Waals surface area contributed by atoms with Crippen molar-refractivity contribution in [3.63, 3.8) is 0 Å². The Kier molecular flexibility index (Phi) is 6.21. The molecular weight excluding hydrogens is 535 g/mol.